The Hall–Kier alpha value is -3.22. The molecule has 2 aromatic heterocycles. The molecule has 0 bridgehead atoms. The smallest absolute Gasteiger partial charge is 0.349 e. The van der Waals surface area contributed by atoms with Gasteiger partial charge in [0.15, 0.2) is 0 Å². The number of rotatable bonds is 7. The zero-order chi connectivity index (χ0) is 21.1. The molecule has 0 saturated heterocycles. The van der Waals surface area contributed by atoms with E-state index in [9.17, 15) is 9.59 Å². The van der Waals surface area contributed by atoms with Crippen LogP contribution in [0, 0.1) is 19.8 Å². The lowest BCUT2D eigenvalue weighted by Crippen LogP contribution is -2.34. The minimum absolute atomic E-state index is 0.0930. The number of nitrogens with zero attached hydrogens (tertiary/aromatic N) is 3. The topological polar surface area (TPSA) is 90.0 Å². The average Bonchev–Trinajstić information content (AvgIpc) is 3.28. The van der Waals surface area contributed by atoms with Crippen LogP contribution >= 0.6 is 0 Å². The first-order valence-corrected chi connectivity index (χ1v) is 10.4. The minimum atomic E-state index is -0.568. The average molecular weight is 406 g/mol. The van der Waals surface area contributed by atoms with Crippen LogP contribution in [0.5, 0.6) is 0 Å². The van der Waals surface area contributed by atoms with E-state index in [0.29, 0.717) is 24.3 Å². The Morgan fingerprint density at radius 2 is 2.00 bits per heavy atom. The Morgan fingerprint density at radius 3 is 2.73 bits per heavy atom. The molecule has 30 heavy (non-hydrogen) atoms. The number of hydrogen-bond donors (Lipinski definition) is 1. The number of aryl methyl sites for hydroxylation is 4. The van der Waals surface area contributed by atoms with Gasteiger partial charge in [-0.25, -0.2) is 4.79 Å². The minimum Gasteiger partial charge on any atom is -0.427 e. The molecule has 0 fully saturated rings. The second-order valence-electron chi connectivity index (χ2n) is 7.95. The van der Waals surface area contributed by atoms with E-state index in [1.807, 2.05) is 31.2 Å². The molecule has 4 rings (SSSR count). The van der Waals surface area contributed by atoms with Crippen LogP contribution in [0.4, 0.5) is 0 Å². The van der Waals surface area contributed by atoms with E-state index in [1.54, 1.807) is 6.92 Å². The van der Waals surface area contributed by atoms with Crippen LogP contribution < -0.4 is 10.9 Å². The van der Waals surface area contributed by atoms with E-state index < -0.39 is 5.63 Å². The molecule has 1 aliphatic heterocycles. The Labute approximate surface area is 175 Å². The van der Waals surface area contributed by atoms with Crippen molar-refractivity contribution in [2.45, 2.75) is 46.1 Å². The van der Waals surface area contributed by atoms with Gasteiger partial charge in [0.25, 0.3) is 5.91 Å². The molecule has 0 aliphatic carbocycles. The van der Waals surface area contributed by atoms with Gasteiger partial charge in [-0.15, -0.1) is 10.2 Å². The summed E-state index contributed by atoms with van der Waals surface area (Å²) in [6.07, 6.45) is 3.23. The van der Waals surface area contributed by atoms with Crippen LogP contribution in [-0.4, -0.2) is 27.2 Å². The highest BCUT2D eigenvalue weighted by atomic mass is 16.4. The van der Waals surface area contributed by atoms with Gasteiger partial charge in [0.05, 0.1) is 0 Å². The molecule has 1 aromatic carbocycles. The summed E-state index contributed by atoms with van der Waals surface area (Å²) in [7, 11) is 0. The van der Waals surface area contributed by atoms with Crippen molar-refractivity contribution in [1.29, 1.82) is 0 Å². The fourth-order valence-electron chi connectivity index (χ4n) is 4.04. The zero-order valence-corrected chi connectivity index (χ0v) is 17.4. The third kappa shape index (κ3) is 4.35. The number of aromatic nitrogens is 3. The Bertz CT molecular complexity index is 1100. The summed E-state index contributed by atoms with van der Waals surface area (Å²) in [5.74, 6) is 2.33. The SMILES string of the molecule is Cc1cc(CCCc2ccccc2)oc(=O)c1C(=O)NCC1Cc2nnc(C)n2C1. The number of hydrogen-bond acceptors (Lipinski definition) is 5. The van der Waals surface area contributed by atoms with Gasteiger partial charge < -0.3 is 14.3 Å². The van der Waals surface area contributed by atoms with Crippen LogP contribution in [0.3, 0.4) is 0 Å². The normalized spacial score (nSPS) is 15.2. The molecule has 0 saturated carbocycles. The zero-order valence-electron chi connectivity index (χ0n) is 17.4. The largest absolute Gasteiger partial charge is 0.427 e. The predicted molar refractivity (Wildman–Crippen MR) is 112 cm³/mol. The van der Waals surface area contributed by atoms with Gasteiger partial charge in [-0.1, -0.05) is 30.3 Å². The first kappa shape index (κ1) is 20.1. The van der Waals surface area contributed by atoms with E-state index in [0.717, 1.165) is 37.5 Å². The van der Waals surface area contributed by atoms with Gasteiger partial charge in [0, 0.05) is 31.8 Å². The number of nitrogens with one attached hydrogen (secondary N) is 1. The molecule has 3 aromatic rings. The molecule has 1 aliphatic rings. The first-order valence-electron chi connectivity index (χ1n) is 10.4. The molecule has 7 nitrogen and oxygen atoms in total. The maximum Gasteiger partial charge on any atom is 0.349 e. The quantitative estimate of drug-likeness (QED) is 0.651. The molecule has 1 unspecified atom stereocenters. The van der Waals surface area contributed by atoms with Crippen molar-refractivity contribution < 1.29 is 9.21 Å². The third-order valence-electron chi connectivity index (χ3n) is 5.63. The molecule has 0 radical (unpaired) electrons. The van der Waals surface area contributed by atoms with Gasteiger partial charge >= 0.3 is 5.63 Å². The van der Waals surface area contributed by atoms with Crippen molar-refractivity contribution in [3.63, 3.8) is 0 Å². The van der Waals surface area contributed by atoms with Gasteiger partial charge in [-0.05, 0) is 43.9 Å². The fourth-order valence-corrected chi connectivity index (χ4v) is 4.04. The lowest BCUT2D eigenvalue weighted by molar-refractivity contribution is 0.0941. The van der Waals surface area contributed by atoms with Crippen LogP contribution in [0.1, 0.15) is 45.3 Å². The summed E-state index contributed by atoms with van der Waals surface area (Å²) in [5, 5.41) is 11.1. The lowest BCUT2D eigenvalue weighted by atomic mass is 10.0. The summed E-state index contributed by atoms with van der Waals surface area (Å²) >= 11 is 0. The molecule has 7 heteroatoms. The van der Waals surface area contributed by atoms with Gasteiger partial charge in [0.2, 0.25) is 0 Å². The monoisotopic (exact) mass is 406 g/mol. The number of amides is 1. The molecular weight excluding hydrogens is 380 g/mol. The Kier molecular flexibility index (Phi) is 5.79. The summed E-state index contributed by atoms with van der Waals surface area (Å²) in [5.41, 5.74) is 1.43. The van der Waals surface area contributed by atoms with E-state index in [4.69, 9.17) is 4.42 Å². The number of benzene rings is 1. The highest BCUT2D eigenvalue weighted by Gasteiger charge is 2.26. The predicted octanol–water partition coefficient (Wildman–Crippen LogP) is 2.63. The summed E-state index contributed by atoms with van der Waals surface area (Å²) in [6.45, 7) is 4.97. The fraction of sp³-hybridized carbons (Fsp3) is 0.391. The van der Waals surface area contributed by atoms with Gasteiger partial charge in [-0.3, -0.25) is 4.79 Å². The van der Waals surface area contributed by atoms with E-state index in [1.165, 1.54) is 5.56 Å². The van der Waals surface area contributed by atoms with Crippen LogP contribution in [0.25, 0.3) is 0 Å². The maximum atomic E-state index is 12.6. The third-order valence-corrected chi connectivity index (χ3v) is 5.63. The number of fused-ring (bicyclic) bond motifs is 1. The summed E-state index contributed by atoms with van der Waals surface area (Å²) < 4.78 is 7.51. The second-order valence-corrected chi connectivity index (χ2v) is 7.95. The molecule has 0 spiro atoms. The van der Waals surface area contributed by atoms with Crippen molar-refractivity contribution in [3.8, 4) is 0 Å². The highest BCUT2D eigenvalue weighted by Crippen LogP contribution is 2.19. The van der Waals surface area contributed by atoms with Crippen molar-refractivity contribution in [1.82, 2.24) is 20.1 Å². The van der Waals surface area contributed by atoms with Crippen molar-refractivity contribution in [2.75, 3.05) is 6.54 Å². The van der Waals surface area contributed by atoms with E-state index in [2.05, 4.69) is 32.2 Å². The Morgan fingerprint density at radius 1 is 1.20 bits per heavy atom. The molecule has 1 amide bonds. The molecule has 3 heterocycles. The highest BCUT2D eigenvalue weighted by molar-refractivity contribution is 5.95. The van der Waals surface area contributed by atoms with Gasteiger partial charge in [0.1, 0.15) is 23.0 Å². The van der Waals surface area contributed by atoms with Crippen molar-refractivity contribution in [2.24, 2.45) is 5.92 Å². The van der Waals surface area contributed by atoms with Crippen molar-refractivity contribution >= 4 is 5.91 Å². The van der Waals surface area contributed by atoms with Crippen LogP contribution in [-0.2, 0) is 25.8 Å². The number of carbonyl (C=O) groups is 1. The summed E-state index contributed by atoms with van der Waals surface area (Å²) in [4.78, 5) is 25.1. The molecular formula is C23H26N4O3. The number of carbonyl (C=O) groups excluding carboxylic acids is 1. The molecule has 1 atom stereocenters. The van der Waals surface area contributed by atoms with Gasteiger partial charge in [-0.2, -0.15) is 0 Å². The standard InChI is InChI=1S/C23H26N4O3/c1-15-11-19(10-6-9-17-7-4-3-5-8-17)30-23(29)21(15)22(28)24-13-18-12-20-26-25-16(2)27(20)14-18/h3-5,7-8,11,18H,6,9-10,12-14H2,1-2H3,(H,24,28). The maximum absolute atomic E-state index is 12.6. The molecule has 156 valence electrons. The van der Waals surface area contributed by atoms with E-state index in [-0.39, 0.29) is 17.4 Å². The van der Waals surface area contributed by atoms with Crippen LogP contribution in [0.2, 0.25) is 0 Å². The van der Waals surface area contributed by atoms with Crippen molar-refractivity contribution in [3.05, 3.63) is 80.9 Å². The van der Waals surface area contributed by atoms with Crippen LogP contribution in [0.15, 0.2) is 45.6 Å². The lowest BCUT2D eigenvalue weighted by Gasteiger charge is -2.12. The van der Waals surface area contributed by atoms with E-state index >= 15 is 0 Å². The molecule has 1 N–H and O–H groups in total. The Balaban J connectivity index is 1.33. The summed E-state index contributed by atoms with van der Waals surface area (Å²) in [6, 6.07) is 12.0. The first-order chi connectivity index (χ1) is 14.5. The second kappa shape index (κ2) is 8.65.